The van der Waals surface area contributed by atoms with Crippen LogP contribution in [0.4, 0.5) is 9.59 Å². The molecule has 0 heterocycles. The highest BCUT2D eigenvalue weighted by Crippen LogP contribution is 2.10. The molecule has 0 radical (unpaired) electrons. The molecule has 0 saturated carbocycles. The Morgan fingerprint density at radius 2 is 0.759 bits per heavy atom. The third-order valence-electron chi connectivity index (χ3n) is 9.47. The van der Waals surface area contributed by atoms with Gasteiger partial charge in [0.1, 0.15) is 25.3 Å². The zero-order valence-corrected chi connectivity index (χ0v) is 34.1. The number of alkyl carbamates (subject to hydrolysis) is 2. The van der Waals surface area contributed by atoms with Crippen LogP contribution in [-0.4, -0.2) is 74.3 Å². The van der Waals surface area contributed by atoms with E-state index in [-0.39, 0.29) is 48.9 Å². The number of hydrogen-bond acceptors (Lipinski definition) is 8. The second-order valence-electron chi connectivity index (χ2n) is 15.1. The lowest BCUT2D eigenvalue weighted by Gasteiger charge is -2.26. The van der Waals surface area contributed by atoms with Crippen LogP contribution in [-0.2, 0) is 45.1 Å². The molecule has 0 bridgehead atoms. The Hall–Kier alpha value is -5.72. The van der Waals surface area contributed by atoms with Gasteiger partial charge >= 0.3 is 12.2 Å². The summed E-state index contributed by atoms with van der Waals surface area (Å²) in [7, 11) is 0. The van der Waals surface area contributed by atoms with Crippen LogP contribution in [0, 0.1) is 11.8 Å². The van der Waals surface area contributed by atoms with E-state index >= 15 is 0 Å². The van der Waals surface area contributed by atoms with Gasteiger partial charge < -0.3 is 41.4 Å². The minimum atomic E-state index is -0.787. The molecule has 58 heavy (non-hydrogen) atoms. The second-order valence-corrected chi connectivity index (χ2v) is 15.1. The third-order valence-corrected chi connectivity index (χ3v) is 9.47. The summed E-state index contributed by atoms with van der Waals surface area (Å²) in [6.07, 6.45) is -0.125. The van der Waals surface area contributed by atoms with Gasteiger partial charge in [-0.3, -0.25) is 9.59 Å². The lowest BCUT2D eigenvalue weighted by molar-refractivity contribution is -0.125. The van der Waals surface area contributed by atoms with Crippen LogP contribution in [0.2, 0.25) is 0 Å². The number of carbonyl (C=O) groups excluding carboxylic acids is 4. The molecular formula is C46H60N6O6. The van der Waals surface area contributed by atoms with Crippen molar-refractivity contribution < 1.29 is 28.7 Å². The molecule has 310 valence electrons. The van der Waals surface area contributed by atoms with Gasteiger partial charge in [0.25, 0.3) is 0 Å². The van der Waals surface area contributed by atoms with Gasteiger partial charge in [0.15, 0.2) is 0 Å². The number of amides is 4. The van der Waals surface area contributed by atoms with Crippen molar-refractivity contribution in [1.29, 1.82) is 0 Å². The standard InChI is InChI=1S/C46H60N6O6/c1-33(2)41(51-45(55)57-31-37-21-13-7-14-22-37)43(53)49-39(27-35-17-9-5-10-18-35)29-47-25-26-48-30-40(28-36-19-11-6-12-20-36)50-44(54)42(34(3)4)52-46(56)58-32-38-23-15-8-16-24-38/h5-24,33-34,39-42,47-48H,25-32H2,1-4H3,(H,49,53)(H,50,54)(H,51,55)(H,52,56)/t39-,40-,41-,42+/m0/s1. The van der Waals surface area contributed by atoms with E-state index in [1.54, 1.807) is 0 Å². The van der Waals surface area contributed by atoms with E-state index in [1.807, 2.05) is 149 Å². The highest BCUT2D eigenvalue weighted by molar-refractivity contribution is 5.86. The largest absolute Gasteiger partial charge is 0.445 e. The fourth-order valence-electron chi connectivity index (χ4n) is 6.31. The first-order chi connectivity index (χ1) is 28.1. The highest BCUT2D eigenvalue weighted by Gasteiger charge is 2.28. The van der Waals surface area contributed by atoms with E-state index in [9.17, 15) is 19.2 Å². The molecule has 4 atom stereocenters. The van der Waals surface area contributed by atoms with E-state index < -0.39 is 24.3 Å². The van der Waals surface area contributed by atoms with Crippen molar-refractivity contribution in [3.63, 3.8) is 0 Å². The van der Waals surface area contributed by atoms with E-state index in [2.05, 4.69) is 31.9 Å². The average Bonchev–Trinajstić information content (AvgIpc) is 3.22. The highest BCUT2D eigenvalue weighted by atomic mass is 16.6. The molecular weight excluding hydrogens is 733 g/mol. The molecule has 4 amide bonds. The van der Waals surface area contributed by atoms with Crippen molar-refractivity contribution in [3.8, 4) is 0 Å². The van der Waals surface area contributed by atoms with E-state index in [4.69, 9.17) is 9.47 Å². The zero-order valence-electron chi connectivity index (χ0n) is 34.1. The van der Waals surface area contributed by atoms with Gasteiger partial charge in [-0.1, -0.05) is 149 Å². The molecule has 0 aliphatic rings. The van der Waals surface area contributed by atoms with Crippen molar-refractivity contribution in [2.75, 3.05) is 26.2 Å². The molecule has 6 N–H and O–H groups in total. The molecule has 12 nitrogen and oxygen atoms in total. The van der Waals surface area contributed by atoms with Gasteiger partial charge in [0.05, 0.1) is 0 Å². The summed E-state index contributed by atoms with van der Waals surface area (Å²) in [4.78, 5) is 52.6. The summed E-state index contributed by atoms with van der Waals surface area (Å²) in [6.45, 7) is 9.89. The molecule has 0 aliphatic heterocycles. The number of rotatable bonds is 23. The van der Waals surface area contributed by atoms with Crippen LogP contribution < -0.4 is 31.9 Å². The summed E-state index contributed by atoms with van der Waals surface area (Å²) in [6, 6.07) is 36.5. The molecule has 0 aromatic heterocycles. The molecule has 0 saturated heterocycles. The van der Waals surface area contributed by atoms with Crippen LogP contribution in [0.25, 0.3) is 0 Å². The number of carbonyl (C=O) groups is 4. The lowest BCUT2D eigenvalue weighted by Crippen LogP contribution is -2.55. The number of hydrogen-bond donors (Lipinski definition) is 6. The Labute approximate surface area is 343 Å². The molecule has 4 aromatic carbocycles. The fraction of sp³-hybridized carbons (Fsp3) is 0.391. The van der Waals surface area contributed by atoms with Crippen molar-refractivity contribution in [1.82, 2.24) is 31.9 Å². The van der Waals surface area contributed by atoms with Crippen molar-refractivity contribution in [3.05, 3.63) is 144 Å². The summed E-state index contributed by atoms with van der Waals surface area (Å²) in [5.74, 6) is -0.928. The SMILES string of the molecule is CC(C)[C@H](NC(=O)OCc1ccccc1)C(=O)N[C@H](CNCCNC[C@H](Cc1ccccc1)NC(=O)[C@H](NC(=O)OCc1ccccc1)C(C)C)Cc1ccccc1. The van der Waals surface area contributed by atoms with Gasteiger partial charge in [-0.2, -0.15) is 0 Å². The van der Waals surface area contributed by atoms with Gasteiger partial charge in [-0.25, -0.2) is 9.59 Å². The minimum Gasteiger partial charge on any atom is -0.445 e. The third kappa shape index (κ3) is 16.8. The van der Waals surface area contributed by atoms with Crippen LogP contribution in [0.5, 0.6) is 0 Å². The van der Waals surface area contributed by atoms with Gasteiger partial charge in [0, 0.05) is 38.3 Å². The van der Waals surface area contributed by atoms with Crippen molar-refractivity contribution >= 4 is 24.0 Å². The first-order valence-corrected chi connectivity index (χ1v) is 20.1. The maximum atomic E-state index is 13.6. The first kappa shape index (κ1) is 45.0. The Morgan fingerprint density at radius 1 is 0.448 bits per heavy atom. The Balaban J connectivity index is 1.29. The minimum absolute atomic E-state index is 0.106. The summed E-state index contributed by atoms with van der Waals surface area (Å²) < 4.78 is 10.8. The van der Waals surface area contributed by atoms with Gasteiger partial charge in [-0.05, 0) is 46.9 Å². The summed E-state index contributed by atoms with van der Waals surface area (Å²) in [5, 5.41) is 18.7. The van der Waals surface area contributed by atoms with E-state index in [0.29, 0.717) is 39.0 Å². The quantitative estimate of drug-likeness (QED) is 0.0536. The summed E-state index contributed by atoms with van der Waals surface area (Å²) in [5.41, 5.74) is 3.85. The molecule has 12 heteroatoms. The van der Waals surface area contributed by atoms with E-state index in [0.717, 1.165) is 22.3 Å². The maximum absolute atomic E-state index is 13.6. The number of benzene rings is 4. The average molecular weight is 793 g/mol. The molecule has 0 aliphatic carbocycles. The monoisotopic (exact) mass is 792 g/mol. The Morgan fingerprint density at radius 3 is 1.07 bits per heavy atom. The van der Waals surface area contributed by atoms with Crippen molar-refractivity contribution in [2.24, 2.45) is 11.8 Å². The summed E-state index contributed by atoms with van der Waals surface area (Å²) >= 11 is 0. The van der Waals surface area contributed by atoms with Crippen LogP contribution in [0.15, 0.2) is 121 Å². The van der Waals surface area contributed by atoms with Crippen LogP contribution >= 0.6 is 0 Å². The topological polar surface area (TPSA) is 159 Å². The molecule has 0 fully saturated rings. The normalized spacial score (nSPS) is 13.1. The smallest absolute Gasteiger partial charge is 0.408 e. The predicted octanol–water partition coefficient (Wildman–Crippen LogP) is 5.52. The molecule has 4 aromatic rings. The fourth-order valence-corrected chi connectivity index (χ4v) is 6.31. The van der Waals surface area contributed by atoms with Gasteiger partial charge in [0.2, 0.25) is 11.8 Å². The van der Waals surface area contributed by atoms with Gasteiger partial charge in [-0.15, -0.1) is 0 Å². The molecule has 4 rings (SSSR count). The Bertz CT molecular complexity index is 1660. The maximum Gasteiger partial charge on any atom is 0.408 e. The van der Waals surface area contributed by atoms with E-state index in [1.165, 1.54) is 0 Å². The van der Waals surface area contributed by atoms with Crippen molar-refractivity contribution in [2.45, 2.75) is 77.9 Å². The zero-order chi connectivity index (χ0) is 41.5. The Kier molecular flexibility index (Phi) is 19.2. The lowest BCUT2D eigenvalue weighted by atomic mass is 10.0. The first-order valence-electron chi connectivity index (χ1n) is 20.1. The number of ether oxygens (including phenoxy) is 2. The predicted molar refractivity (Wildman–Crippen MR) is 227 cm³/mol. The number of nitrogens with one attached hydrogen (secondary N) is 6. The van der Waals surface area contributed by atoms with Crippen LogP contribution in [0.1, 0.15) is 49.9 Å². The molecule has 0 unspecified atom stereocenters. The second kappa shape index (κ2) is 24.8. The van der Waals surface area contributed by atoms with Crippen LogP contribution in [0.3, 0.4) is 0 Å². The molecule has 0 spiro atoms.